The molecule has 1 N–H and O–H groups in total. The molecular formula is C12H17N3S. The smallest absolute Gasteiger partial charge is 0.0762 e. The zero-order chi connectivity index (χ0) is 11.2. The minimum atomic E-state index is 0.842. The first kappa shape index (κ1) is 11.4. The van der Waals surface area contributed by atoms with E-state index in [1.54, 1.807) is 11.3 Å². The lowest BCUT2D eigenvalue weighted by molar-refractivity contribution is 0.583. The van der Waals surface area contributed by atoms with Crippen molar-refractivity contribution in [1.82, 2.24) is 15.1 Å². The lowest BCUT2D eigenvalue weighted by atomic mass is 10.4. The van der Waals surface area contributed by atoms with Crippen LogP contribution in [0.5, 0.6) is 0 Å². The van der Waals surface area contributed by atoms with E-state index >= 15 is 0 Å². The molecule has 0 aliphatic carbocycles. The van der Waals surface area contributed by atoms with Crippen LogP contribution in [-0.2, 0) is 19.6 Å². The number of rotatable bonds is 6. The highest BCUT2D eigenvalue weighted by Gasteiger charge is 1.98. The van der Waals surface area contributed by atoms with Crippen LogP contribution in [0.15, 0.2) is 29.8 Å². The van der Waals surface area contributed by atoms with Crippen LogP contribution in [0.25, 0.3) is 0 Å². The molecule has 0 amide bonds. The molecule has 4 heteroatoms. The average Bonchev–Trinajstić information content (AvgIpc) is 2.90. The van der Waals surface area contributed by atoms with Gasteiger partial charge in [-0.3, -0.25) is 4.68 Å². The van der Waals surface area contributed by atoms with Crippen molar-refractivity contribution in [2.45, 2.75) is 33.0 Å². The van der Waals surface area contributed by atoms with Crippen LogP contribution in [0.3, 0.4) is 0 Å². The standard InChI is InChI=1S/C12H17N3S/c1-2-6-15-7-5-11(14-15)9-13-10-12-4-3-8-16-12/h3-5,7-8,13H,2,6,9-10H2,1H3. The van der Waals surface area contributed by atoms with Gasteiger partial charge >= 0.3 is 0 Å². The van der Waals surface area contributed by atoms with Crippen molar-refractivity contribution < 1.29 is 0 Å². The quantitative estimate of drug-likeness (QED) is 0.834. The maximum Gasteiger partial charge on any atom is 0.0762 e. The van der Waals surface area contributed by atoms with Crippen molar-refractivity contribution in [2.75, 3.05) is 0 Å². The largest absolute Gasteiger partial charge is 0.306 e. The number of hydrogen-bond donors (Lipinski definition) is 1. The van der Waals surface area contributed by atoms with Gasteiger partial charge in [0, 0.05) is 30.7 Å². The Labute approximate surface area is 100 Å². The second-order valence-electron chi connectivity index (χ2n) is 3.75. The Kier molecular flexibility index (Phi) is 4.13. The third-order valence-corrected chi connectivity index (χ3v) is 3.21. The maximum atomic E-state index is 4.48. The molecule has 0 saturated carbocycles. The first-order valence-corrected chi connectivity index (χ1v) is 6.52. The third-order valence-electron chi connectivity index (χ3n) is 2.33. The highest BCUT2D eigenvalue weighted by atomic mass is 32.1. The molecule has 0 aliphatic heterocycles. The van der Waals surface area contributed by atoms with E-state index in [1.165, 1.54) is 4.88 Å². The molecule has 16 heavy (non-hydrogen) atoms. The van der Waals surface area contributed by atoms with E-state index in [9.17, 15) is 0 Å². The van der Waals surface area contributed by atoms with Crippen LogP contribution >= 0.6 is 11.3 Å². The first-order chi connectivity index (χ1) is 7.88. The SMILES string of the molecule is CCCn1ccc(CNCc2cccs2)n1. The molecule has 2 aromatic heterocycles. The molecule has 0 aliphatic rings. The first-order valence-electron chi connectivity index (χ1n) is 5.64. The molecule has 0 radical (unpaired) electrons. The summed E-state index contributed by atoms with van der Waals surface area (Å²) in [5.74, 6) is 0. The molecule has 86 valence electrons. The number of nitrogens with zero attached hydrogens (tertiary/aromatic N) is 2. The lowest BCUT2D eigenvalue weighted by Gasteiger charge is -2.00. The van der Waals surface area contributed by atoms with E-state index in [-0.39, 0.29) is 0 Å². The molecule has 0 bridgehead atoms. The Hall–Kier alpha value is -1.13. The summed E-state index contributed by atoms with van der Waals surface area (Å²) < 4.78 is 2.00. The fraction of sp³-hybridized carbons (Fsp3) is 0.417. The Bertz CT molecular complexity index is 406. The second kappa shape index (κ2) is 5.82. The summed E-state index contributed by atoms with van der Waals surface area (Å²) in [4.78, 5) is 1.37. The van der Waals surface area contributed by atoms with Crippen LogP contribution in [0.2, 0.25) is 0 Å². The highest BCUT2D eigenvalue weighted by molar-refractivity contribution is 7.09. The second-order valence-corrected chi connectivity index (χ2v) is 4.79. The third kappa shape index (κ3) is 3.18. The fourth-order valence-corrected chi connectivity index (χ4v) is 2.25. The van der Waals surface area contributed by atoms with Gasteiger partial charge in [-0.15, -0.1) is 11.3 Å². The summed E-state index contributed by atoms with van der Waals surface area (Å²) in [6, 6.07) is 6.31. The van der Waals surface area contributed by atoms with Crippen molar-refractivity contribution in [3.8, 4) is 0 Å². The number of aryl methyl sites for hydroxylation is 1. The van der Waals surface area contributed by atoms with Crippen molar-refractivity contribution in [3.05, 3.63) is 40.3 Å². The van der Waals surface area contributed by atoms with Crippen LogP contribution in [0.4, 0.5) is 0 Å². The highest BCUT2D eigenvalue weighted by Crippen LogP contribution is 2.07. The van der Waals surface area contributed by atoms with E-state index in [4.69, 9.17) is 0 Å². The Balaban J connectivity index is 1.76. The van der Waals surface area contributed by atoms with Gasteiger partial charge < -0.3 is 5.32 Å². The normalized spacial score (nSPS) is 10.8. The van der Waals surface area contributed by atoms with Gasteiger partial charge in [-0.2, -0.15) is 5.10 Å². The minimum absolute atomic E-state index is 0.842. The predicted octanol–water partition coefficient (Wildman–Crippen LogP) is 2.64. The van der Waals surface area contributed by atoms with Gasteiger partial charge in [-0.1, -0.05) is 13.0 Å². The van der Waals surface area contributed by atoms with Crippen LogP contribution in [0, 0.1) is 0 Å². The van der Waals surface area contributed by atoms with Crippen LogP contribution in [-0.4, -0.2) is 9.78 Å². The molecule has 0 unspecified atom stereocenters. The van der Waals surface area contributed by atoms with E-state index in [0.29, 0.717) is 0 Å². The molecule has 2 rings (SSSR count). The van der Waals surface area contributed by atoms with Crippen LogP contribution in [0.1, 0.15) is 23.9 Å². The molecule has 3 nitrogen and oxygen atoms in total. The van der Waals surface area contributed by atoms with Crippen molar-refractivity contribution in [2.24, 2.45) is 0 Å². The molecule has 2 aromatic rings. The Morgan fingerprint density at radius 1 is 1.38 bits per heavy atom. The average molecular weight is 235 g/mol. The van der Waals surface area contributed by atoms with Crippen molar-refractivity contribution >= 4 is 11.3 Å². The number of hydrogen-bond acceptors (Lipinski definition) is 3. The molecule has 0 aromatic carbocycles. The zero-order valence-electron chi connectivity index (χ0n) is 9.52. The zero-order valence-corrected chi connectivity index (χ0v) is 10.3. The number of thiophene rings is 1. The minimum Gasteiger partial charge on any atom is -0.306 e. The maximum absolute atomic E-state index is 4.48. The van der Waals surface area contributed by atoms with E-state index < -0.39 is 0 Å². The van der Waals surface area contributed by atoms with Gasteiger partial charge in [0.25, 0.3) is 0 Å². The summed E-state index contributed by atoms with van der Waals surface area (Å²) in [5, 5.41) is 9.97. The van der Waals surface area contributed by atoms with Gasteiger partial charge in [0.05, 0.1) is 5.69 Å². The molecule has 0 saturated heterocycles. The van der Waals surface area contributed by atoms with E-state index in [2.05, 4.69) is 40.9 Å². The molecule has 2 heterocycles. The molecule has 0 spiro atoms. The number of aromatic nitrogens is 2. The summed E-state index contributed by atoms with van der Waals surface area (Å²) in [7, 11) is 0. The predicted molar refractivity (Wildman–Crippen MR) is 67.4 cm³/mol. The Morgan fingerprint density at radius 3 is 3.06 bits per heavy atom. The van der Waals surface area contributed by atoms with Gasteiger partial charge in [0.15, 0.2) is 0 Å². The van der Waals surface area contributed by atoms with Crippen molar-refractivity contribution in [1.29, 1.82) is 0 Å². The summed E-state index contributed by atoms with van der Waals surface area (Å²) in [5.41, 5.74) is 1.12. The van der Waals surface area contributed by atoms with Crippen molar-refractivity contribution in [3.63, 3.8) is 0 Å². The summed E-state index contributed by atoms with van der Waals surface area (Å²) in [6.45, 7) is 4.94. The monoisotopic (exact) mass is 235 g/mol. The molecular weight excluding hydrogens is 218 g/mol. The number of nitrogens with one attached hydrogen (secondary N) is 1. The summed E-state index contributed by atoms with van der Waals surface area (Å²) in [6.07, 6.45) is 3.18. The fourth-order valence-electron chi connectivity index (χ4n) is 1.58. The van der Waals surface area contributed by atoms with Gasteiger partial charge in [-0.25, -0.2) is 0 Å². The topological polar surface area (TPSA) is 29.9 Å². The van der Waals surface area contributed by atoms with Gasteiger partial charge in [0.1, 0.15) is 0 Å². The van der Waals surface area contributed by atoms with E-state index in [0.717, 1.165) is 31.7 Å². The summed E-state index contributed by atoms with van der Waals surface area (Å²) >= 11 is 1.78. The van der Waals surface area contributed by atoms with Crippen LogP contribution < -0.4 is 5.32 Å². The Morgan fingerprint density at radius 2 is 2.31 bits per heavy atom. The lowest BCUT2D eigenvalue weighted by Crippen LogP contribution is -2.12. The van der Waals surface area contributed by atoms with Gasteiger partial charge in [-0.05, 0) is 23.9 Å². The molecule has 0 fully saturated rings. The van der Waals surface area contributed by atoms with E-state index in [1.807, 2.05) is 10.9 Å². The van der Waals surface area contributed by atoms with Gasteiger partial charge in [0.2, 0.25) is 0 Å². The molecule has 0 atom stereocenters.